The molecule has 5 heteroatoms. The minimum Gasteiger partial charge on any atom is -0.339 e. The minimum absolute atomic E-state index is 0.0231. The monoisotopic (exact) mass is 354 g/mol. The van der Waals surface area contributed by atoms with Gasteiger partial charge in [0, 0.05) is 30.8 Å². The van der Waals surface area contributed by atoms with Crippen LogP contribution in [0.3, 0.4) is 0 Å². The molecule has 0 saturated carbocycles. The number of nitrogens with one attached hydrogen (secondary N) is 1. The van der Waals surface area contributed by atoms with E-state index in [0.717, 1.165) is 37.9 Å². The van der Waals surface area contributed by atoms with Gasteiger partial charge in [-0.05, 0) is 61.6 Å². The highest BCUT2D eigenvalue weighted by Crippen LogP contribution is 2.17. The number of halogens is 1. The first kappa shape index (κ1) is 18.1. The summed E-state index contributed by atoms with van der Waals surface area (Å²) in [6.07, 6.45) is 3.89. The molecule has 2 aromatic carbocycles. The lowest BCUT2D eigenvalue weighted by atomic mass is 10.1. The van der Waals surface area contributed by atoms with Crippen LogP contribution < -0.4 is 5.32 Å². The molecular formula is C21H23FN2O2. The van der Waals surface area contributed by atoms with Crippen LogP contribution in [-0.2, 0) is 11.2 Å². The van der Waals surface area contributed by atoms with E-state index in [9.17, 15) is 14.0 Å². The number of hydrogen-bond donors (Lipinski definition) is 1. The predicted molar refractivity (Wildman–Crippen MR) is 99.5 cm³/mol. The van der Waals surface area contributed by atoms with Crippen molar-refractivity contribution in [3.63, 3.8) is 0 Å². The Morgan fingerprint density at radius 2 is 1.77 bits per heavy atom. The highest BCUT2D eigenvalue weighted by atomic mass is 19.1. The number of anilines is 1. The van der Waals surface area contributed by atoms with Crippen molar-refractivity contribution in [3.05, 3.63) is 65.5 Å². The highest BCUT2D eigenvalue weighted by molar-refractivity contribution is 5.97. The summed E-state index contributed by atoms with van der Waals surface area (Å²) in [4.78, 5) is 26.4. The van der Waals surface area contributed by atoms with E-state index < -0.39 is 0 Å². The fraction of sp³-hybridized carbons (Fsp3) is 0.333. The average Bonchev–Trinajstić information content (AvgIpc) is 3.18. The molecule has 0 bridgehead atoms. The second-order valence-electron chi connectivity index (χ2n) is 6.61. The molecular weight excluding hydrogens is 331 g/mol. The summed E-state index contributed by atoms with van der Waals surface area (Å²) in [6, 6.07) is 13.4. The van der Waals surface area contributed by atoms with Gasteiger partial charge in [0.15, 0.2) is 0 Å². The molecule has 1 aliphatic heterocycles. The molecule has 1 heterocycles. The molecule has 0 unspecified atom stereocenters. The normalized spacial score (nSPS) is 13.7. The van der Waals surface area contributed by atoms with Crippen LogP contribution in [0, 0.1) is 5.82 Å². The maximum atomic E-state index is 12.9. The molecule has 0 atom stereocenters. The Balaban J connectivity index is 1.50. The molecule has 26 heavy (non-hydrogen) atoms. The number of nitrogens with zero attached hydrogens (tertiary/aromatic N) is 1. The molecule has 3 rings (SSSR count). The van der Waals surface area contributed by atoms with Crippen LogP contribution in [0.5, 0.6) is 0 Å². The van der Waals surface area contributed by atoms with Crippen LogP contribution in [0.4, 0.5) is 10.1 Å². The molecule has 0 aromatic heterocycles. The van der Waals surface area contributed by atoms with Crippen LogP contribution >= 0.6 is 0 Å². The van der Waals surface area contributed by atoms with E-state index >= 15 is 0 Å². The lowest BCUT2D eigenvalue weighted by molar-refractivity contribution is -0.116. The Bertz CT molecular complexity index is 768. The third-order valence-electron chi connectivity index (χ3n) is 4.57. The molecule has 4 nitrogen and oxygen atoms in total. The third kappa shape index (κ3) is 4.91. The number of aryl methyl sites for hydroxylation is 1. The Labute approximate surface area is 153 Å². The van der Waals surface area contributed by atoms with Gasteiger partial charge in [0.25, 0.3) is 5.91 Å². The van der Waals surface area contributed by atoms with E-state index in [1.165, 1.54) is 12.1 Å². The number of carbonyl (C=O) groups is 2. The molecule has 2 amide bonds. The van der Waals surface area contributed by atoms with E-state index in [1.54, 1.807) is 36.4 Å². The lowest BCUT2D eigenvalue weighted by Gasteiger charge is -2.15. The summed E-state index contributed by atoms with van der Waals surface area (Å²) in [5.41, 5.74) is 2.26. The first-order valence-corrected chi connectivity index (χ1v) is 9.05. The van der Waals surface area contributed by atoms with E-state index in [2.05, 4.69) is 5.32 Å². The number of carbonyl (C=O) groups excluding carboxylic acids is 2. The van der Waals surface area contributed by atoms with Gasteiger partial charge in [-0.2, -0.15) is 0 Å². The largest absolute Gasteiger partial charge is 0.339 e. The van der Waals surface area contributed by atoms with Crippen molar-refractivity contribution in [1.29, 1.82) is 0 Å². The Morgan fingerprint density at radius 1 is 1.04 bits per heavy atom. The van der Waals surface area contributed by atoms with Gasteiger partial charge in [0.1, 0.15) is 5.82 Å². The van der Waals surface area contributed by atoms with Crippen molar-refractivity contribution in [2.24, 2.45) is 0 Å². The summed E-state index contributed by atoms with van der Waals surface area (Å²) < 4.78 is 12.9. The summed E-state index contributed by atoms with van der Waals surface area (Å²) in [5.74, 6) is -0.317. The van der Waals surface area contributed by atoms with Crippen LogP contribution in [0.1, 0.15) is 41.6 Å². The van der Waals surface area contributed by atoms with Crippen molar-refractivity contribution in [1.82, 2.24) is 4.90 Å². The topological polar surface area (TPSA) is 49.4 Å². The molecule has 136 valence electrons. The fourth-order valence-electron chi connectivity index (χ4n) is 3.16. The average molecular weight is 354 g/mol. The SMILES string of the molecule is O=C(CCCc1ccc(F)cc1)Nc1cccc(C(=O)N2CCCC2)c1. The zero-order valence-electron chi connectivity index (χ0n) is 14.7. The number of rotatable bonds is 6. The van der Waals surface area contributed by atoms with E-state index in [0.29, 0.717) is 24.1 Å². The maximum absolute atomic E-state index is 12.9. The molecule has 1 N–H and O–H groups in total. The van der Waals surface area contributed by atoms with Gasteiger partial charge in [-0.15, -0.1) is 0 Å². The zero-order valence-corrected chi connectivity index (χ0v) is 14.7. The number of hydrogen-bond acceptors (Lipinski definition) is 2. The van der Waals surface area contributed by atoms with Gasteiger partial charge in [0.2, 0.25) is 5.91 Å². The van der Waals surface area contributed by atoms with Gasteiger partial charge >= 0.3 is 0 Å². The number of benzene rings is 2. The quantitative estimate of drug-likeness (QED) is 0.852. The zero-order chi connectivity index (χ0) is 18.4. The summed E-state index contributed by atoms with van der Waals surface area (Å²) >= 11 is 0. The van der Waals surface area contributed by atoms with E-state index in [4.69, 9.17) is 0 Å². The van der Waals surface area contributed by atoms with Gasteiger partial charge in [-0.1, -0.05) is 18.2 Å². The maximum Gasteiger partial charge on any atom is 0.253 e. The van der Waals surface area contributed by atoms with Gasteiger partial charge in [0.05, 0.1) is 0 Å². The lowest BCUT2D eigenvalue weighted by Crippen LogP contribution is -2.27. The van der Waals surface area contributed by atoms with Crippen molar-refractivity contribution in [2.75, 3.05) is 18.4 Å². The molecule has 2 aromatic rings. The van der Waals surface area contributed by atoms with Gasteiger partial charge in [-0.25, -0.2) is 4.39 Å². The molecule has 0 aliphatic carbocycles. The van der Waals surface area contributed by atoms with Gasteiger partial charge < -0.3 is 10.2 Å². The first-order chi connectivity index (χ1) is 12.6. The summed E-state index contributed by atoms with van der Waals surface area (Å²) in [5, 5.41) is 2.85. The van der Waals surface area contributed by atoms with Gasteiger partial charge in [-0.3, -0.25) is 9.59 Å². The fourth-order valence-corrected chi connectivity index (χ4v) is 3.16. The summed E-state index contributed by atoms with van der Waals surface area (Å²) in [6.45, 7) is 1.61. The van der Waals surface area contributed by atoms with Crippen LogP contribution in [0.2, 0.25) is 0 Å². The third-order valence-corrected chi connectivity index (χ3v) is 4.57. The number of amides is 2. The van der Waals surface area contributed by atoms with E-state index in [-0.39, 0.29) is 17.6 Å². The van der Waals surface area contributed by atoms with E-state index in [1.807, 2.05) is 4.90 Å². The van der Waals surface area contributed by atoms with Crippen LogP contribution in [-0.4, -0.2) is 29.8 Å². The summed E-state index contributed by atoms with van der Waals surface area (Å²) in [7, 11) is 0. The second-order valence-corrected chi connectivity index (χ2v) is 6.61. The predicted octanol–water partition coefficient (Wildman–Crippen LogP) is 4.02. The smallest absolute Gasteiger partial charge is 0.253 e. The van der Waals surface area contributed by atoms with Crippen molar-refractivity contribution in [3.8, 4) is 0 Å². The first-order valence-electron chi connectivity index (χ1n) is 9.05. The standard InChI is InChI=1S/C21H23FN2O2/c22-18-11-9-16(10-12-18)5-3-8-20(25)23-19-7-4-6-17(15-19)21(26)24-13-1-2-14-24/h4,6-7,9-12,15H,1-3,5,8,13-14H2,(H,23,25). The molecule has 0 radical (unpaired) electrons. The van der Waals surface area contributed by atoms with Crippen LogP contribution in [0.15, 0.2) is 48.5 Å². The van der Waals surface area contributed by atoms with Crippen molar-refractivity contribution < 1.29 is 14.0 Å². The highest BCUT2D eigenvalue weighted by Gasteiger charge is 2.19. The Hall–Kier alpha value is -2.69. The minimum atomic E-state index is -0.255. The molecule has 1 saturated heterocycles. The van der Waals surface area contributed by atoms with Crippen molar-refractivity contribution in [2.45, 2.75) is 32.1 Å². The van der Waals surface area contributed by atoms with Crippen LogP contribution in [0.25, 0.3) is 0 Å². The molecule has 1 fully saturated rings. The second kappa shape index (κ2) is 8.61. The van der Waals surface area contributed by atoms with Crippen molar-refractivity contribution >= 4 is 17.5 Å². The molecule has 1 aliphatic rings. The number of likely N-dealkylation sites (tertiary alicyclic amines) is 1. The Morgan fingerprint density at radius 3 is 2.50 bits per heavy atom. The Kier molecular flexibility index (Phi) is 6.00. The molecule has 0 spiro atoms.